The highest BCUT2D eigenvalue weighted by atomic mass is 16.5. The van der Waals surface area contributed by atoms with Crippen molar-refractivity contribution < 1.29 is 14.3 Å². The summed E-state index contributed by atoms with van der Waals surface area (Å²) < 4.78 is 5.81. The molecule has 1 heterocycles. The molecule has 164 valence electrons. The summed E-state index contributed by atoms with van der Waals surface area (Å²) in [6.07, 6.45) is 0.732. The summed E-state index contributed by atoms with van der Waals surface area (Å²) in [6.45, 7) is 4.27. The molecule has 6 heteroatoms. The van der Waals surface area contributed by atoms with Gasteiger partial charge in [-0.1, -0.05) is 42.5 Å². The van der Waals surface area contributed by atoms with Crippen molar-refractivity contribution in [3.8, 4) is 5.75 Å². The fourth-order valence-electron chi connectivity index (χ4n) is 3.72. The smallest absolute Gasteiger partial charge is 0.322 e. The first-order valence-corrected chi connectivity index (χ1v) is 10.8. The number of carbonyl (C=O) groups excluding carboxylic acids is 2. The Balaban J connectivity index is 1.25. The van der Waals surface area contributed by atoms with Crippen LogP contribution >= 0.6 is 0 Å². The lowest BCUT2D eigenvalue weighted by molar-refractivity contribution is 0.0954. The van der Waals surface area contributed by atoms with E-state index in [-0.39, 0.29) is 11.9 Å². The normalized spacial score (nSPS) is 13.0. The molecule has 4 rings (SSSR count). The van der Waals surface area contributed by atoms with E-state index < -0.39 is 0 Å². The van der Waals surface area contributed by atoms with Crippen LogP contribution in [0.2, 0.25) is 0 Å². The van der Waals surface area contributed by atoms with Crippen LogP contribution in [0.25, 0.3) is 0 Å². The van der Waals surface area contributed by atoms with Gasteiger partial charge in [0.05, 0.1) is 0 Å². The third kappa shape index (κ3) is 5.27. The Morgan fingerprint density at radius 3 is 2.50 bits per heavy atom. The molecule has 0 radical (unpaired) electrons. The Bertz CT molecular complexity index is 1080. The SMILES string of the molecule is Cc1cc(C(=O)NCCc2ccc(OCc3ccccc3)cc2)ccc1N1CCNC1=O. The molecular weight excluding hydrogens is 402 g/mol. The fourth-order valence-corrected chi connectivity index (χ4v) is 3.72. The number of nitrogens with zero attached hydrogens (tertiary/aromatic N) is 1. The van der Waals surface area contributed by atoms with Crippen LogP contribution in [-0.2, 0) is 13.0 Å². The lowest BCUT2D eigenvalue weighted by atomic mass is 10.1. The molecule has 3 aromatic rings. The molecule has 0 atom stereocenters. The monoisotopic (exact) mass is 429 g/mol. The molecule has 0 bridgehead atoms. The maximum absolute atomic E-state index is 12.5. The van der Waals surface area contributed by atoms with E-state index >= 15 is 0 Å². The minimum atomic E-state index is -0.117. The Labute approximate surface area is 188 Å². The van der Waals surface area contributed by atoms with Gasteiger partial charge in [-0.25, -0.2) is 4.79 Å². The molecule has 1 fully saturated rings. The first kappa shape index (κ1) is 21.4. The van der Waals surface area contributed by atoms with E-state index in [0.29, 0.717) is 31.8 Å². The number of hydrogen-bond donors (Lipinski definition) is 2. The number of rotatable bonds is 8. The first-order valence-electron chi connectivity index (χ1n) is 10.8. The van der Waals surface area contributed by atoms with Crippen LogP contribution in [-0.4, -0.2) is 31.6 Å². The molecule has 3 aromatic carbocycles. The van der Waals surface area contributed by atoms with Gasteiger partial charge < -0.3 is 15.4 Å². The molecule has 0 aromatic heterocycles. The van der Waals surface area contributed by atoms with Gasteiger partial charge in [-0.2, -0.15) is 0 Å². The average molecular weight is 430 g/mol. The van der Waals surface area contributed by atoms with Crippen molar-refractivity contribution in [3.05, 3.63) is 95.1 Å². The predicted molar refractivity (Wildman–Crippen MR) is 125 cm³/mol. The Morgan fingerprint density at radius 2 is 1.81 bits per heavy atom. The van der Waals surface area contributed by atoms with Gasteiger partial charge in [0, 0.05) is 30.9 Å². The standard InChI is InChI=1S/C26H27N3O3/c1-19-17-22(9-12-24(19)29-16-15-28-26(29)31)25(30)27-14-13-20-7-10-23(11-8-20)32-18-21-5-3-2-4-6-21/h2-12,17H,13-16,18H2,1H3,(H,27,30)(H,28,31). The molecule has 0 aliphatic carbocycles. The Morgan fingerprint density at radius 1 is 1.03 bits per heavy atom. The van der Waals surface area contributed by atoms with E-state index in [9.17, 15) is 9.59 Å². The molecule has 0 saturated carbocycles. The van der Waals surface area contributed by atoms with Gasteiger partial charge in [0.15, 0.2) is 0 Å². The highest BCUT2D eigenvalue weighted by Crippen LogP contribution is 2.23. The van der Waals surface area contributed by atoms with Crippen LogP contribution in [0.15, 0.2) is 72.8 Å². The zero-order valence-corrected chi connectivity index (χ0v) is 18.1. The molecular formula is C26H27N3O3. The number of benzene rings is 3. The van der Waals surface area contributed by atoms with Crippen LogP contribution in [0.1, 0.15) is 27.0 Å². The third-order valence-corrected chi connectivity index (χ3v) is 5.48. The lowest BCUT2D eigenvalue weighted by Gasteiger charge is -2.17. The maximum Gasteiger partial charge on any atom is 0.322 e. The molecule has 2 N–H and O–H groups in total. The van der Waals surface area contributed by atoms with E-state index in [1.54, 1.807) is 11.0 Å². The number of anilines is 1. The van der Waals surface area contributed by atoms with E-state index in [1.807, 2.05) is 73.7 Å². The number of aryl methyl sites for hydroxylation is 1. The van der Waals surface area contributed by atoms with Gasteiger partial charge in [-0.3, -0.25) is 9.69 Å². The second-order valence-electron chi connectivity index (χ2n) is 7.81. The van der Waals surface area contributed by atoms with Crippen LogP contribution < -0.4 is 20.3 Å². The largest absolute Gasteiger partial charge is 0.489 e. The van der Waals surface area contributed by atoms with E-state index in [4.69, 9.17) is 4.74 Å². The highest BCUT2D eigenvalue weighted by molar-refractivity contribution is 5.97. The topological polar surface area (TPSA) is 70.7 Å². The van der Waals surface area contributed by atoms with E-state index in [1.165, 1.54) is 0 Å². The zero-order valence-electron chi connectivity index (χ0n) is 18.1. The second kappa shape index (κ2) is 10.0. The number of carbonyl (C=O) groups is 2. The molecule has 0 unspecified atom stereocenters. The number of nitrogens with one attached hydrogen (secondary N) is 2. The van der Waals surface area contributed by atoms with Gasteiger partial charge in [0.2, 0.25) is 0 Å². The molecule has 6 nitrogen and oxygen atoms in total. The van der Waals surface area contributed by atoms with Gasteiger partial charge in [-0.05, 0) is 60.4 Å². The van der Waals surface area contributed by atoms with Gasteiger partial charge in [0.25, 0.3) is 5.91 Å². The Hall–Kier alpha value is -3.80. The van der Waals surface area contributed by atoms with E-state index in [0.717, 1.165) is 34.5 Å². The minimum Gasteiger partial charge on any atom is -0.489 e. The molecule has 1 saturated heterocycles. The predicted octanol–water partition coefficient (Wildman–Crippen LogP) is 4.08. The van der Waals surface area contributed by atoms with E-state index in [2.05, 4.69) is 10.6 Å². The fraction of sp³-hybridized carbons (Fsp3) is 0.231. The summed E-state index contributed by atoms with van der Waals surface area (Å²) in [6, 6.07) is 23.3. The second-order valence-corrected chi connectivity index (χ2v) is 7.81. The molecule has 0 spiro atoms. The first-order chi connectivity index (χ1) is 15.6. The van der Waals surface area contributed by atoms with Crippen molar-refractivity contribution in [3.63, 3.8) is 0 Å². The summed E-state index contributed by atoms with van der Waals surface area (Å²) in [4.78, 5) is 26.1. The van der Waals surface area contributed by atoms with Crippen molar-refractivity contribution in [1.82, 2.24) is 10.6 Å². The number of hydrogen-bond acceptors (Lipinski definition) is 3. The minimum absolute atomic E-state index is 0.0956. The molecule has 3 amide bonds. The van der Waals surface area contributed by atoms with Gasteiger partial charge in [0.1, 0.15) is 12.4 Å². The van der Waals surface area contributed by atoms with Crippen molar-refractivity contribution >= 4 is 17.6 Å². The molecule has 1 aliphatic rings. The van der Waals surface area contributed by atoms with Crippen molar-refractivity contribution in [2.75, 3.05) is 24.5 Å². The van der Waals surface area contributed by atoms with Gasteiger partial charge in [-0.15, -0.1) is 0 Å². The number of ether oxygens (including phenoxy) is 1. The number of amides is 3. The summed E-state index contributed by atoms with van der Waals surface area (Å²) in [7, 11) is 0. The van der Waals surface area contributed by atoms with Crippen LogP contribution in [0.3, 0.4) is 0 Å². The lowest BCUT2D eigenvalue weighted by Crippen LogP contribution is -2.29. The third-order valence-electron chi connectivity index (χ3n) is 5.48. The zero-order chi connectivity index (χ0) is 22.3. The summed E-state index contributed by atoms with van der Waals surface area (Å²) in [5.74, 6) is 0.706. The van der Waals surface area contributed by atoms with Crippen molar-refractivity contribution in [1.29, 1.82) is 0 Å². The highest BCUT2D eigenvalue weighted by Gasteiger charge is 2.22. The van der Waals surface area contributed by atoms with Crippen LogP contribution in [0, 0.1) is 6.92 Å². The average Bonchev–Trinajstić information content (AvgIpc) is 3.24. The number of urea groups is 1. The summed E-state index contributed by atoms with van der Waals surface area (Å²) >= 11 is 0. The van der Waals surface area contributed by atoms with Crippen LogP contribution in [0.4, 0.5) is 10.5 Å². The van der Waals surface area contributed by atoms with Crippen LogP contribution in [0.5, 0.6) is 5.75 Å². The van der Waals surface area contributed by atoms with Crippen molar-refractivity contribution in [2.24, 2.45) is 0 Å². The summed E-state index contributed by atoms with van der Waals surface area (Å²) in [5, 5.41) is 5.76. The summed E-state index contributed by atoms with van der Waals surface area (Å²) in [5.41, 5.74) is 4.60. The molecule has 32 heavy (non-hydrogen) atoms. The van der Waals surface area contributed by atoms with Gasteiger partial charge >= 0.3 is 6.03 Å². The Kier molecular flexibility index (Phi) is 6.70. The maximum atomic E-state index is 12.5. The quantitative estimate of drug-likeness (QED) is 0.567. The molecule has 1 aliphatic heterocycles. The van der Waals surface area contributed by atoms with Crippen molar-refractivity contribution in [2.45, 2.75) is 20.0 Å².